The van der Waals surface area contributed by atoms with Crippen LogP contribution in [0.2, 0.25) is 5.02 Å². The fourth-order valence-corrected chi connectivity index (χ4v) is 3.64. The Morgan fingerprint density at radius 1 is 1.24 bits per heavy atom. The molecule has 2 amide bonds. The topological polar surface area (TPSA) is 75.7 Å². The summed E-state index contributed by atoms with van der Waals surface area (Å²) in [6.07, 6.45) is 0.0397. The van der Waals surface area contributed by atoms with Crippen LogP contribution in [0.4, 0.5) is 11.4 Å². The molecule has 0 bridgehead atoms. The average molecular weight is 480 g/mol. The molecule has 1 aliphatic heterocycles. The maximum Gasteiger partial charge on any atom is 0.311 e. The zero-order valence-electron chi connectivity index (χ0n) is 16.0. The molecule has 1 saturated heterocycles. The normalized spacial score (nSPS) is 16.1. The Balaban J connectivity index is 1.54. The SMILES string of the molecule is Cc1cc(NC(=O)COC(=O)[C@@H]2CC(=O)N(c3cccc(Cl)c3)C2)cc(C)c1Br. The third kappa shape index (κ3) is 5.16. The summed E-state index contributed by atoms with van der Waals surface area (Å²) >= 11 is 9.45. The molecule has 1 atom stereocenters. The number of rotatable bonds is 5. The smallest absolute Gasteiger partial charge is 0.311 e. The van der Waals surface area contributed by atoms with Gasteiger partial charge in [0.1, 0.15) is 0 Å². The third-order valence-electron chi connectivity index (χ3n) is 4.64. The van der Waals surface area contributed by atoms with Gasteiger partial charge < -0.3 is 15.0 Å². The minimum absolute atomic E-state index is 0.0397. The van der Waals surface area contributed by atoms with Gasteiger partial charge in [-0.05, 0) is 55.3 Å². The number of carbonyl (C=O) groups excluding carboxylic acids is 3. The number of ether oxygens (including phenoxy) is 1. The van der Waals surface area contributed by atoms with E-state index in [1.807, 2.05) is 26.0 Å². The van der Waals surface area contributed by atoms with Gasteiger partial charge >= 0.3 is 5.97 Å². The molecule has 0 unspecified atom stereocenters. The van der Waals surface area contributed by atoms with Gasteiger partial charge in [-0.2, -0.15) is 0 Å². The van der Waals surface area contributed by atoms with Crippen molar-refractivity contribution >= 4 is 56.7 Å². The summed E-state index contributed by atoms with van der Waals surface area (Å²) in [6, 6.07) is 10.5. The summed E-state index contributed by atoms with van der Waals surface area (Å²) in [6.45, 7) is 3.64. The first-order valence-electron chi connectivity index (χ1n) is 9.03. The Hall–Kier alpha value is -2.38. The number of benzene rings is 2. The number of hydrogen-bond acceptors (Lipinski definition) is 4. The average Bonchev–Trinajstić information content (AvgIpc) is 3.06. The van der Waals surface area contributed by atoms with E-state index in [1.54, 1.807) is 24.3 Å². The van der Waals surface area contributed by atoms with Crippen LogP contribution in [0, 0.1) is 19.8 Å². The molecule has 0 spiro atoms. The molecule has 152 valence electrons. The van der Waals surface area contributed by atoms with Crippen molar-refractivity contribution in [2.45, 2.75) is 20.3 Å². The molecule has 0 radical (unpaired) electrons. The van der Waals surface area contributed by atoms with Crippen LogP contribution in [-0.2, 0) is 19.1 Å². The Morgan fingerprint density at radius 3 is 2.59 bits per heavy atom. The van der Waals surface area contributed by atoms with Gasteiger partial charge in [0.25, 0.3) is 5.91 Å². The number of esters is 1. The van der Waals surface area contributed by atoms with Crippen molar-refractivity contribution in [3.05, 3.63) is 57.0 Å². The highest BCUT2D eigenvalue weighted by molar-refractivity contribution is 9.10. The zero-order chi connectivity index (χ0) is 21.1. The largest absolute Gasteiger partial charge is 0.455 e. The molecule has 29 heavy (non-hydrogen) atoms. The highest BCUT2D eigenvalue weighted by Gasteiger charge is 2.36. The van der Waals surface area contributed by atoms with Crippen LogP contribution in [0.25, 0.3) is 0 Å². The van der Waals surface area contributed by atoms with Gasteiger partial charge in [0.2, 0.25) is 5.91 Å². The highest BCUT2D eigenvalue weighted by Crippen LogP contribution is 2.28. The monoisotopic (exact) mass is 478 g/mol. The number of aryl methyl sites for hydroxylation is 2. The van der Waals surface area contributed by atoms with Crippen molar-refractivity contribution in [3.63, 3.8) is 0 Å². The standard InChI is InChI=1S/C21H20BrClN2O4/c1-12-6-16(7-13(2)20(12)22)24-18(26)11-29-21(28)14-8-19(27)25(10-14)17-5-3-4-15(23)9-17/h3-7,9,14H,8,10-11H2,1-2H3,(H,24,26)/t14-/m1/s1. The fourth-order valence-electron chi connectivity index (χ4n) is 3.23. The lowest BCUT2D eigenvalue weighted by atomic mass is 10.1. The maximum atomic E-state index is 12.3. The lowest BCUT2D eigenvalue weighted by Crippen LogP contribution is -2.28. The van der Waals surface area contributed by atoms with E-state index in [9.17, 15) is 14.4 Å². The minimum atomic E-state index is -0.619. The van der Waals surface area contributed by atoms with Crippen LogP contribution in [0.5, 0.6) is 0 Å². The molecule has 2 aromatic carbocycles. The molecular weight excluding hydrogens is 460 g/mol. The van der Waals surface area contributed by atoms with Crippen molar-refractivity contribution in [3.8, 4) is 0 Å². The number of hydrogen-bond donors (Lipinski definition) is 1. The Kier molecular flexibility index (Phi) is 6.59. The molecule has 1 N–H and O–H groups in total. The summed E-state index contributed by atoms with van der Waals surface area (Å²) in [5, 5.41) is 3.23. The van der Waals surface area contributed by atoms with Gasteiger partial charge in [-0.15, -0.1) is 0 Å². The summed E-state index contributed by atoms with van der Waals surface area (Å²) in [5.41, 5.74) is 3.25. The van der Waals surface area contributed by atoms with Crippen molar-refractivity contribution < 1.29 is 19.1 Å². The predicted octanol–water partition coefficient (Wildman–Crippen LogP) is 4.25. The number of amides is 2. The quantitative estimate of drug-likeness (QED) is 0.651. The molecule has 1 aliphatic rings. The van der Waals surface area contributed by atoms with Crippen molar-refractivity contribution in [2.75, 3.05) is 23.4 Å². The van der Waals surface area contributed by atoms with Crippen molar-refractivity contribution in [2.24, 2.45) is 5.92 Å². The number of halogens is 2. The Labute approximate surface area is 182 Å². The molecule has 0 saturated carbocycles. The van der Waals surface area contributed by atoms with Gasteiger partial charge in [-0.25, -0.2) is 0 Å². The molecule has 6 nitrogen and oxygen atoms in total. The van der Waals surface area contributed by atoms with E-state index in [-0.39, 0.29) is 18.9 Å². The predicted molar refractivity (Wildman–Crippen MR) is 115 cm³/mol. The first-order chi connectivity index (χ1) is 13.7. The number of nitrogens with zero attached hydrogens (tertiary/aromatic N) is 1. The summed E-state index contributed by atoms with van der Waals surface area (Å²) in [4.78, 5) is 38.2. The number of carbonyl (C=O) groups is 3. The summed E-state index contributed by atoms with van der Waals surface area (Å²) in [5.74, 6) is -1.80. The minimum Gasteiger partial charge on any atom is -0.455 e. The van der Waals surface area contributed by atoms with Crippen LogP contribution >= 0.6 is 27.5 Å². The lowest BCUT2D eigenvalue weighted by Gasteiger charge is -2.16. The van der Waals surface area contributed by atoms with E-state index >= 15 is 0 Å². The molecule has 0 aliphatic carbocycles. The van der Waals surface area contributed by atoms with Gasteiger partial charge in [0, 0.05) is 33.8 Å². The zero-order valence-corrected chi connectivity index (χ0v) is 18.3. The van der Waals surface area contributed by atoms with Gasteiger partial charge in [-0.3, -0.25) is 14.4 Å². The second-order valence-corrected chi connectivity index (χ2v) is 8.19. The molecule has 2 aromatic rings. The molecule has 1 fully saturated rings. The van der Waals surface area contributed by atoms with Crippen LogP contribution in [0.3, 0.4) is 0 Å². The van der Waals surface area contributed by atoms with Crippen molar-refractivity contribution in [1.29, 1.82) is 0 Å². The Morgan fingerprint density at radius 2 is 1.93 bits per heavy atom. The van der Waals surface area contributed by atoms with E-state index in [0.29, 0.717) is 16.4 Å². The third-order valence-corrected chi connectivity index (χ3v) is 6.13. The van der Waals surface area contributed by atoms with Gasteiger partial charge in [-0.1, -0.05) is 33.6 Å². The molecular formula is C21H20BrClN2O4. The van der Waals surface area contributed by atoms with E-state index < -0.39 is 24.4 Å². The molecule has 8 heteroatoms. The second-order valence-electron chi connectivity index (χ2n) is 6.97. The van der Waals surface area contributed by atoms with Crippen LogP contribution in [0.15, 0.2) is 40.9 Å². The van der Waals surface area contributed by atoms with Crippen LogP contribution in [-0.4, -0.2) is 30.9 Å². The van der Waals surface area contributed by atoms with Gasteiger partial charge in [0.05, 0.1) is 5.92 Å². The van der Waals surface area contributed by atoms with E-state index in [4.69, 9.17) is 16.3 Å². The highest BCUT2D eigenvalue weighted by atomic mass is 79.9. The second kappa shape index (κ2) is 8.97. The van der Waals surface area contributed by atoms with E-state index in [2.05, 4.69) is 21.2 Å². The summed E-state index contributed by atoms with van der Waals surface area (Å²) in [7, 11) is 0. The molecule has 1 heterocycles. The maximum absolute atomic E-state index is 12.3. The van der Waals surface area contributed by atoms with Gasteiger partial charge in [0.15, 0.2) is 6.61 Å². The summed E-state index contributed by atoms with van der Waals surface area (Å²) < 4.78 is 6.12. The number of nitrogens with one attached hydrogen (secondary N) is 1. The van der Waals surface area contributed by atoms with E-state index in [1.165, 1.54) is 4.90 Å². The van der Waals surface area contributed by atoms with E-state index in [0.717, 1.165) is 15.6 Å². The van der Waals surface area contributed by atoms with Crippen LogP contribution < -0.4 is 10.2 Å². The first kappa shape index (κ1) is 21.3. The van der Waals surface area contributed by atoms with Crippen LogP contribution in [0.1, 0.15) is 17.5 Å². The first-order valence-corrected chi connectivity index (χ1v) is 10.2. The van der Waals surface area contributed by atoms with Crippen molar-refractivity contribution in [1.82, 2.24) is 0 Å². The Bertz CT molecular complexity index is 956. The number of anilines is 2. The fraction of sp³-hybridized carbons (Fsp3) is 0.286. The molecule has 3 rings (SSSR count). The lowest BCUT2D eigenvalue weighted by molar-refractivity contribution is -0.151. The molecule has 0 aromatic heterocycles.